The van der Waals surface area contributed by atoms with Gasteiger partial charge in [0, 0.05) is 39.8 Å². The number of hydrogen-bond donors (Lipinski definition) is 0. The van der Waals surface area contributed by atoms with E-state index in [1.54, 1.807) is 14.2 Å². The van der Waals surface area contributed by atoms with Gasteiger partial charge in [-0.05, 0) is 61.4 Å². The number of ether oxygens (including phenoxy) is 6. The Morgan fingerprint density at radius 2 is 1.72 bits per heavy atom. The van der Waals surface area contributed by atoms with Crippen LogP contribution in [0.5, 0.6) is 5.75 Å². The number of benzene rings is 2. The van der Waals surface area contributed by atoms with E-state index in [1.165, 1.54) is 5.56 Å². The molecule has 0 unspecified atom stereocenters. The number of hydrogen-bond acceptors (Lipinski definition) is 8. The van der Waals surface area contributed by atoms with Crippen LogP contribution >= 0.6 is 0 Å². The summed E-state index contributed by atoms with van der Waals surface area (Å²) in [5.41, 5.74) is 4.54. The number of morpholine rings is 1. The van der Waals surface area contributed by atoms with Crippen molar-refractivity contribution in [2.45, 2.75) is 70.0 Å². The van der Waals surface area contributed by atoms with Crippen molar-refractivity contribution in [3.05, 3.63) is 59.2 Å². The van der Waals surface area contributed by atoms with Gasteiger partial charge >= 0.3 is 0 Å². The molecule has 2 aliphatic heterocycles. The van der Waals surface area contributed by atoms with Crippen LogP contribution in [0.1, 0.15) is 55.2 Å². The number of carbonyl (C=O) groups excluding carboxylic acids is 1. The number of methoxy groups -OCH3 is 2. The van der Waals surface area contributed by atoms with Crippen LogP contribution in [-0.2, 0) is 41.7 Å². The number of anilines is 1. The zero-order chi connectivity index (χ0) is 30.0. The van der Waals surface area contributed by atoms with Gasteiger partial charge in [0.1, 0.15) is 19.0 Å². The van der Waals surface area contributed by atoms with Crippen LogP contribution in [0.4, 0.5) is 5.69 Å². The summed E-state index contributed by atoms with van der Waals surface area (Å²) >= 11 is 0. The lowest BCUT2D eigenvalue weighted by Crippen LogP contribution is -2.49. The molecule has 5 rings (SSSR count). The normalized spacial score (nSPS) is 24.0. The van der Waals surface area contributed by atoms with Crippen molar-refractivity contribution in [3.63, 3.8) is 0 Å². The molecule has 0 radical (unpaired) electrons. The summed E-state index contributed by atoms with van der Waals surface area (Å²) in [5.74, 6) is 0.970. The number of fused-ring (bicyclic) bond motifs is 1. The molecule has 2 aromatic rings. The monoisotopic (exact) mass is 596 g/mol. The summed E-state index contributed by atoms with van der Waals surface area (Å²) in [6.45, 7) is 8.15. The smallest absolute Gasteiger partial charge is 0.248 e. The van der Waals surface area contributed by atoms with Gasteiger partial charge in [-0.15, -0.1) is 0 Å². The highest BCUT2D eigenvalue weighted by molar-refractivity contribution is 5.78. The molecular formula is C34H48N2O7. The predicted molar refractivity (Wildman–Crippen MR) is 165 cm³/mol. The highest BCUT2D eigenvalue weighted by Crippen LogP contribution is 2.39. The molecule has 0 bridgehead atoms. The van der Waals surface area contributed by atoms with Gasteiger partial charge in [-0.2, -0.15) is 0 Å². The Hall–Kier alpha value is -2.69. The van der Waals surface area contributed by atoms with Crippen LogP contribution in [-0.4, -0.2) is 95.9 Å². The van der Waals surface area contributed by atoms with Crippen LogP contribution in [0, 0.1) is 0 Å². The molecule has 1 aliphatic carbocycles. The maximum absolute atomic E-state index is 13.1. The second kappa shape index (κ2) is 15.9. The summed E-state index contributed by atoms with van der Waals surface area (Å²) in [6, 6.07) is 15.0. The summed E-state index contributed by atoms with van der Waals surface area (Å²) in [6.07, 6.45) is 3.65. The lowest BCUT2D eigenvalue weighted by atomic mass is 9.79. The third-order valence-corrected chi connectivity index (χ3v) is 8.79. The van der Waals surface area contributed by atoms with E-state index in [-0.39, 0.29) is 36.7 Å². The minimum Gasteiger partial charge on any atom is -0.490 e. The minimum atomic E-state index is -0.111. The largest absolute Gasteiger partial charge is 0.490 e. The second-order valence-corrected chi connectivity index (χ2v) is 11.8. The molecule has 2 heterocycles. The second-order valence-electron chi connectivity index (χ2n) is 11.8. The Labute approximate surface area is 256 Å². The molecule has 1 amide bonds. The molecule has 236 valence electrons. The van der Waals surface area contributed by atoms with Gasteiger partial charge in [-0.25, -0.2) is 0 Å². The van der Waals surface area contributed by atoms with Crippen LogP contribution in [0.2, 0.25) is 0 Å². The van der Waals surface area contributed by atoms with Crippen molar-refractivity contribution in [1.82, 2.24) is 4.90 Å². The van der Waals surface area contributed by atoms with Crippen molar-refractivity contribution in [1.29, 1.82) is 0 Å². The van der Waals surface area contributed by atoms with Gasteiger partial charge < -0.3 is 38.2 Å². The Morgan fingerprint density at radius 3 is 2.49 bits per heavy atom. The molecular weight excluding hydrogens is 548 g/mol. The summed E-state index contributed by atoms with van der Waals surface area (Å²) < 4.78 is 35.2. The Morgan fingerprint density at radius 1 is 0.930 bits per heavy atom. The van der Waals surface area contributed by atoms with E-state index in [4.69, 9.17) is 28.4 Å². The molecule has 9 nitrogen and oxygen atoms in total. The Bertz CT molecular complexity index is 1160. The lowest BCUT2D eigenvalue weighted by molar-refractivity contribution is -0.149. The number of rotatable bonds is 13. The van der Waals surface area contributed by atoms with Crippen molar-refractivity contribution in [3.8, 4) is 5.75 Å². The standard InChI is InChI=1S/C34H48N2O7/c1-25-21-40-18-16-36(25)33(37)24-43-32-7-4-6-31(34(32)28-11-8-26(9-12-28)22-39-3)42-23-27-10-13-30-29(20-27)35(15-19-41-30)14-5-17-38-2/h8-13,20,25,31-32,34H,4-7,14-19,21-24H2,1-3H3/t25-,31+,32-,34-/m1/s1. The highest BCUT2D eigenvalue weighted by Gasteiger charge is 2.37. The van der Waals surface area contributed by atoms with E-state index >= 15 is 0 Å². The fraction of sp³-hybridized carbons (Fsp3) is 0.618. The number of amides is 1. The lowest BCUT2D eigenvalue weighted by Gasteiger charge is -2.39. The summed E-state index contributed by atoms with van der Waals surface area (Å²) in [7, 11) is 3.45. The molecule has 2 fully saturated rings. The first-order chi connectivity index (χ1) is 21.1. The first kappa shape index (κ1) is 31.7. The summed E-state index contributed by atoms with van der Waals surface area (Å²) in [5, 5.41) is 0. The van der Waals surface area contributed by atoms with Crippen molar-refractivity contribution >= 4 is 11.6 Å². The van der Waals surface area contributed by atoms with Crippen LogP contribution in [0.3, 0.4) is 0 Å². The number of carbonyl (C=O) groups is 1. The van der Waals surface area contributed by atoms with Crippen LogP contribution in [0.15, 0.2) is 42.5 Å². The number of nitrogens with zero attached hydrogens (tertiary/aromatic N) is 2. The Balaban J connectivity index is 1.29. The minimum absolute atomic E-state index is 0.0201. The van der Waals surface area contributed by atoms with Crippen LogP contribution < -0.4 is 9.64 Å². The molecule has 0 aromatic heterocycles. The van der Waals surface area contributed by atoms with Gasteiger partial charge in [-0.1, -0.05) is 30.3 Å². The van der Waals surface area contributed by atoms with Crippen molar-refractivity contribution < 1.29 is 33.2 Å². The van der Waals surface area contributed by atoms with E-state index in [2.05, 4.69) is 47.4 Å². The molecule has 4 atom stereocenters. The SMILES string of the molecule is COCCCN1CCOc2ccc(CO[C@H]3CCC[C@@H](OCC(=O)N4CCOC[C@H]4C)[C@@H]3c3ccc(COC)cc3)cc21. The van der Waals surface area contributed by atoms with E-state index in [0.717, 1.165) is 67.9 Å². The van der Waals surface area contributed by atoms with E-state index in [0.29, 0.717) is 39.6 Å². The van der Waals surface area contributed by atoms with Gasteiger partial charge in [0.05, 0.1) is 56.9 Å². The van der Waals surface area contributed by atoms with Gasteiger partial charge in [0.25, 0.3) is 0 Å². The molecule has 2 aromatic carbocycles. The fourth-order valence-corrected chi connectivity index (χ4v) is 6.53. The van der Waals surface area contributed by atoms with E-state index < -0.39 is 0 Å². The first-order valence-corrected chi connectivity index (χ1v) is 15.7. The molecule has 1 saturated heterocycles. The topological polar surface area (TPSA) is 78.9 Å². The maximum Gasteiger partial charge on any atom is 0.248 e. The highest BCUT2D eigenvalue weighted by atomic mass is 16.5. The zero-order valence-corrected chi connectivity index (χ0v) is 26.0. The van der Waals surface area contributed by atoms with E-state index in [1.807, 2.05) is 11.8 Å². The fourth-order valence-electron chi connectivity index (χ4n) is 6.53. The predicted octanol–water partition coefficient (Wildman–Crippen LogP) is 4.55. The quantitative estimate of drug-likeness (QED) is 0.312. The van der Waals surface area contributed by atoms with Crippen molar-refractivity contribution in [2.24, 2.45) is 0 Å². The molecule has 0 spiro atoms. The molecule has 43 heavy (non-hydrogen) atoms. The van der Waals surface area contributed by atoms with Gasteiger partial charge in [0.15, 0.2) is 0 Å². The van der Waals surface area contributed by atoms with Gasteiger partial charge in [-0.3, -0.25) is 4.79 Å². The van der Waals surface area contributed by atoms with Crippen molar-refractivity contribution in [2.75, 3.05) is 71.8 Å². The maximum atomic E-state index is 13.1. The molecule has 1 saturated carbocycles. The molecule has 9 heteroatoms. The molecule has 0 N–H and O–H groups in total. The third-order valence-electron chi connectivity index (χ3n) is 8.79. The van der Waals surface area contributed by atoms with Crippen LogP contribution in [0.25, 0.3) is 0 Å². The average molecular weight is 597 g/mol. The molecule has 3 aliphatic rings. The zero-order valence-electron chi connectivity index (χ0n) is 26.0. The summed E-state index contributed by atoms with van der Waals surface area (Å²) in [4.78, 5) is 17.4. The van der Waals surface area contributed by atoms with E-state index in [9.17, 15) is 4.79 Å². The van der Waals surface area contributed by atoms with Gasteiger partial charge in [0.2, 0.25) is 5.91 Å². The first-order valence-electron chi connectivity index (χ1n) is 15.7. The third kappa shape index (κ3) is 8.28. The average Bonchev–Trinajstić information content (AvgIpc) is 3.03. The Kier molecular flexibility index (Phi) is 11.7.